The van der Waals surface area contributed by atoms with E-state index in [1.807, 2.05) is 18.7 Å². The lowest BCUT2D eigenvalue weighted by molar-refractivity contribution is 0.437. The molecule has 0 aliphatic heterocycles. The molecule has 1 aliphatic carbocycles. The van der Waals surface area contributed by atoms with E-state index in [0.29, 0.717) is 12.6 Å². The summed E-state index contributed by atoms with van der Waals surface area (Å²) in [5.74, 6) is 1.48. The Balaban J connectivity index is 1.59. The summed E-state index contributed by atoms with van der Waals surface area (Å²) in [5, 5.41) is 15.8. The van der Waals surface area contributed by atoms with E-state index in [4.69, 9.17) is 4.42 Å². The van der Waals surface area contributed by atoms with E-state index in [0.717, 1.165) is 29.6 Å². The van der Waals surface area contributed by atoms with Gasteiger partial charge in [-0.05, 0) is 32.6 Å². The van der Waals surface area contributed by atoms with Crippen molar-refractivity contribution in [1.29, 1.82) is 0 Å². The second-order valence-electron chi connectivity index (χ2n) is 5.98. The van der Waals surface area contributed by atoms with Crippen LogP contribution < -0.4 is 5.32 Å². The molecule has 1 fully saturated rings. The first-order chi connectivity index (χ1) is 10.1. The molecule has 0 aromatic carbocycles. The fraction of sp³-hybridized carbons (Fsp3) is 0.667. The molecule has 0 amide bonds. The molecule has 0 atom stereocenters. The second kappa shape index (κ2) is 5.87. The molecule has 21 heavy (non-hydrogen) atoms. The van der Waals surface area contributed by atoms with Gasteiger partial charge in [-0.3, -0.25) is 4.68 Å². The van der Waals surface area contributed by atoms with Crippen LogP contribution >= 0.6 is 0 Å². The third-order valence-corrected chi connectivity index (χ3v) is 4.48. The SMILES string of the molecule is Cc1nn(C)c(C)c1CNc1nnc(CC2CCCC2)o1. The molecule has 0 radical (unpaired) electrons. The van der Waals surface area contributed by atoms with Crippen molar-refractivity contribution in [3.05, 3.63) is 22.8 Å². The molecule has 1 saturated carbocycles. The highest BCUT2D eigenvalue weighted by Crippen LogP contribution is 2.28. The molecule has 0 spiro atoms. The van der Waals surface area contributed by atoms with Gasteiger partial charge in [-0.15, -0.1) is 5.10 Å². The molecule has 2 aromatic rings. The summed E-state index contributed by atoms with van der Waals surface area (Å²) in [7, 11) is 1.96. The van der Waals surface area contributed by atoms with Gasteiger partial charge in [0, 0.05) is 31.3 Å². The number of aromatic nitrogens is 4. The van der Waals surface area contributed by atoms with E-state index < -0.39 is 0 Å². The highest BCUT2D eigenvalue weighted by atomic mass is 16.4. The minimum atomic E-state index is 0.505. The summed E-state index contributed by atoms with van der Waals surface area (Å²) >= 11 is 0. The van der Waals surface area contributed by atoms with Crippen molar-refractivity contribution in [3.8, 4) is 0 Å². The monoisotopic (exact) mass is 289 g/mol. The average Bonchev–Trinajstić information content (AvgIpc) is 3.15. The van der Waals surface area contributed by atoms with Crippen molar-refractivity contribution in [2.24, 2.45) is 13.0 Å². The molecule has 6 heteroatoms. The van der Waals surface area contributed by atoms with Gasteiger partial charge in [0.2, 0.25) is 5.89 Å². The molecule has 3 rings (SSSR count). The molecule has 0 unspecified atom stereocenters. The molecule has 114 valence electrons. The summed E-state index contributed by atoms with van der Waals surface area (Å²) in [6.45, 7) is 4.75. The third-order valence-electron chi connectivity index (χ3n) is 4.48. The molecule has 6 nitrogen and oxygen atoms in total. The van der Waals surface area contributed by atoms with E-state index in [1.54, 1.807) is 0 Å². The smallest absolute Gasteiger partial charge is 0.315 e. The molecular weight excluding hydrogens is 266 g/mol. The van der Waals surface area contributed by atoms with Crippen LogP contribution in [0.2, 0.25) is 0 Å². The van der Waals surface area contributed by atoms with Gasteiger partial charge in [0.1, 0.15) is 0 Å². The number of hydrogen-bond acceptors (Lipinski definition) is 5. The van der Waals surface area contributed by atoms with E-state index >= 15 is 0 Å². The van der Waals surface area contributed by atoms with Crippen LogP contribution in [0.25, 0.3) is 0 Å². The Labute approximate surface area is 124 Å². The van der Waals surface area contributed by atoms with Crippen LogP contribution in [0.1, 0.15) is 48.5 Å². The van der Waals surface area contributed by atoms with Gasteiger partial charge >= 0.3 is 6.01 Å². The Bertz CT molecular complexity index is 610. The Morgan fingerprint density at radius 1 is 1.24 bits per heavy atom. The molecular formula is C15H23N5O. The third kappa shape index (κ3) is 3.09. The summed E-state index contributed by atoms with van der Waals surface area (Å²) in [6, 6.07) is 0.505. The molecule has 0 saturated heterocycles. The first-order valence-electron chi connectivity index (χ1n) is 7.69. The van der Waals surface area contributed by atoms with Crippen LogP contribution in [0.5, 0.6) is 0 Å². The van der Waals surface area contributed by atoms with Crippen molar-refractivity contribution >= 4 is 6.01 Å². The average molecular weight is 289 g/mol. The van der Waals surface area contributed by atoms with E-state index in [1.165, 1.54) is 31.2 Å². The number of rotatable bonds is 5. The lowest BCUT2D eigenvalue weighted by Gasteiger charge is -2.04. The van der Waals surface area contributed by atoms with Crippen molar-refractivity contribution in [3.63, 3.8) is 0 Å². The zero-order valence-corrected chi connectivity index (χ0v) is 13.0. The summed E-state index contributed by atoms with van der Waals surface area (Å²) in [6.07, 6.45) is 6.17. The first-order valence-corrected chi connectivity index (χ1v) is 7.69. The Morgan fingerprint density at radius 3 is 2.67 bits per heavy atom. The Kier molecular flexibility index (Phi) is 3.94. The van der Waals surface area contributed by atoms with E-state index in [-0.39, 0.29) is 0 Å². The van der Waals surface area contributed by atoms with Crippen LogP contribution in [0, 0.1) is 19.8 Å². The molecule has 2 heterocycles. The van der Waals surface area contributed by atoms with Crippen molar-refractivity contribution < 1.29 is 4.42 Å². The van der Waals surface area contributed by atoms with Crippen molar-refractivity contribution in [2.45, 2.75) is 52.5 Å². The Hall–Kier alpha value is -1.85. The van der Waals surface area contributed by atoms with Crippen LogP contribution in [0.3, 0.4) is 0 Å². The van der Waals surface area contributed by atoms with Crippen LogP contribution in [0.4, 0.5) is 6.01 Å². The van der Waals surface area contributed by atoms with Gasteiger partial charge in [-0.25, -0.2) is 0 Å². The normalized spacial score (nSPS) is 15.8. The fourth-order valence-corrected chi connectivity index (χ4v) is 3.11. The number of aryl methyl sites for hydroxylation is 2. The largest absolute Gasteiger partial charge is 0.408 e. The van der Waals surface area contributed by atoms with Crippen molar-refractivity contribution in [2.75, 3.05) is 5.32 Å². The quantitative estimate of drug-likeness (QED) is 0.916. The van der Waals surface area contributed by atoms with Crippen molar-refractivity contribution in [1.82, 2.24) is 20.0 Å². The van der Waals surface area contributed by atoms with Crippen LogP contribution in [-0.4, -0.2) is 20.0 Å². The predicted octanol–water partition coefficient (Wildman–Crippen LogP) is 2.76. The van der Waals surface area contributed by atoms with Gasteiger partial charge in [-0.1, -0.05) is 17.9 Å². The van der Waals surface area contributed by atoms with Crippen LogP contribution in [-0.2, 0) is 20.0 Å². The summed E-state index contributed by atoms with van der Waals surface area (Å²) in [4.78, 5) is 0. The standard InChI is InChI=1S/C15H23N5O/c1-10-13(11(2)20(3)19-10)9-16-15-18-17-14(21-15)8-12-6-4-5-7-12/h12H,4-9H2,1-3H3,(H,16,18). The highest BCUT2D eigenvalue weighted by molar-refractivity contribution is 5.29. The predicted molar refractivity (Wildman–Crippen MR) is 80.0 cm³/mol. The van der Waals surface area contributed by atoms with E-state index in [9.17, 15) is 0 Å². The number of nitrogens with one attached hydrogen (secondary N) is 1. The maximum atomic E-state index is 5.69. The van der Waals surface area contributed by atoms with Crippen LogP contribution in [0.15, 0.2) is 4.42 Å². The minimum Gasteiger partial charge on any atom is -0.408 e. The zero-order chi connectivity index (χ0) is 14.8. The van der Waals surface area contributed by atoms with Gasteiger partial charge < -0.3 is 9.73 Å². The lowest BCUT2D eigenvalue weighted by Crippen LogP contribution is -2.02. The number of hydrogen-bond donors (Lipinski definition) is 1. The number of anilines is 1. The molecule has 1 aliphatic rings. The zero-order valence-electron chi connectivity index (χ0n) is 13.0. The Morgan fingerprint density at radius 2 is 2.00 bits per heavy atom. The van der Waals surface area contributed by atoms with Gasteiger partial charge in [0.05, 0.1) is 5.69 Å². The lowest BCUT2D eigenvalue weighted by atomic mass is 10.0. The second-order valence-corrected chi connectivity index (χ2v) is 5.98. The maximum Gasteiger partial charge on any atom is 0.315 e. The molecule has 0 bridgehead atoms. The van der Waals surface area contributed by atoms with Gasteiger partial charge in [0.25, 0.3) is 0 Å². The van der Waals surface area contributed by atoms with E-state index in [2.05, 4.69) is 27.5 Å². The molecule has 1 N–H and O–H groups in total. The van der Waals surface area contributed by atoms with Gasteiger partial charge in [-0.2, -0.15) is 5.10 Å². The highest BCUT2D eigenvalue weighted by Gasteiger charge is 2.19. The summed E-state index contributed by atoms with van der Waals surface area (Å²) < 4.78 is 7.59. The van der Waals surface area contributed by atoms with Gasteiger partial charge in [0.15, 0.2) is 0 Å². The fourth-order valence-electron chi connectivity index (χ4n) is 3.11. The molecule has 2 aromatic heterocycles. The summed E-state index contributed by atoms with van der Waals surface area (Å²) in [5.41, 5.74) is 3.38. The first kappa shape index (κ1) is 14.1. The topological polar surface area (TPSA) is 68.8 Å². The maximum absolute atomic E-state index is 5.69. The number of nitrogens with zero attached hydrogens (tertiary/aromatic N) is 4. The minimum absolute atomic E-state index is 0.505.